The van der Waals surface area contributed by atoms with Gasteiger partial charge in [0.1, 0.15) is 5.82 Å². The Morgan fingerprint density at radius 2 is 1.81 bits per heavy atom. The molecule has 21 heavy (non-hydrogen) atoms. The quantitative estimate of drug-likeness (QED) is 0.910. The number of nitrogens with zero attached hydrogens (tertiary/aromatic N) is 2. The molecular weight excluding hydrogens is 284 g/mol. The Hall–Kier alpha value is -1.65. The maximum Gasteiger partial charge on any atom is 0.148 e. The zero-order chi connectivity index (χ0) is 14.5. The Morgan fingerprint density at radius 1 is 1.05 bits per heavy atom. The van der Waals surface area contributed by atoms with E-state index in [0.717, 1.165) is 47.7 Å². The molecule has 0 saturated carbocycles. The Labute approximate surface area is 129 Å². The van der Waals surface area contributed by atoms with Crippen molar-refractivity contribution in [2.75, 3.05) is 25.0 Å². The minimum absolute atomic E-state index is 0.726. The van der Waals surface area contributed by atoms with Gasteiger partial charge in [0.25, 0.3) is 0 Å². The van der Waals surface area contributed by atoms with Crippen molar-refractivity contribution in [3.05, 3.63) is 41.4 Å². The predicted octanol–water partition coefficient (Wildman–Crippen LogP) is 3.21. The molecule has 1 aromatic heterocycles. The molecule has 1 aliphatic rings. The van der Waals surface area contributed by atoms with Gasteiger partial charge in [0.05, 0.1) is 5.69 Å². The molecule has 0 spiro atoms. The summed E-state index contributed by atoms with van der Waals surface area (Å²) in [7, 11) is 0. The molecule has 3 rings (SSSR count). The fourth-order valence-corrected chi connectivity index (χ4v) is 2.66. The van der Waals surface area contributed by atoms with E-state index < -0.39 is 0 Å². The summed E-state index contributed by atoms with van der Waals surface area (Å²) in [6.07, 6.45) is 2.45. The molecule has 0 aliphatic carbocycles. The Morgan fingerprint density at radius 3 is 2.48 bits per heavy atom. The van der Waals surface area contributed by atoms with Crippen LogP contribution in [0.15, 0.2) is 36.4 Å². The smallest absolute Gasteiger partial charge is 0.148 e. The third-order valence-corrected chi connectivity index (χ3v) is 4.09. The lowest BCUT2D eigenvalue weighted by molar-refractivity contribution is 0.389. The molecule has 1 fully saturated rings. The molecule has 1 aliphatic heterocycles. The van der Waals surface area contributed by atoms with Crippen LogP contribution in [-0.2, 0) is 0 Å². The number of hydrogen-bond donors (Lipinski definition) is 2. The Balaban J connectivity index is 1.59. The van der Waals surface area contributed by atoms with Crippen LogP contribution in [0.4, 0.5) is 5.82 Å². The molecule has 0 bridgehead atoms. The monoisotopic (exact) mass is 302 g/mol. The Kier molecular flexibility index (Phi) is 4.68. The standard InChI is InChI=1S/C16H19ClN4/c17-14-3-1-13(2-4-14)15-5-6-16(21-20-15)19-11-12-7-9-18-10-8-12/h1-6,12,18H,7-11H2,(H,19,21). The summed E-state index contributed by atoms with van der Waals surface area (Å²) in [6.45, 7) is 3.21. The summed E-state index contributed by atoms with van der Waals surface area (Å²) in [4.78, 5) is 0. The third-order valence-electron chi connectivity index (χ3n) is 3.84. The number of anilines is 1. The van der Waals surface area contributed by atoms with Crippen LogP contribution in [0.2, 0.25) is 5.02 Å². The van der Waals surface area contributed by atoms with Crippen LogP contribution in [0, 0.1) is 5.92 Å². The van der Waals surface area contributed by atoms with Gasteiger partial charge in [-0.2, -0.15) is 0 Å². The summed E-state index contributed by atoms with van der Waals surface area (Å²) >= 11 is 5.89. The second-order valence-corrected chi connectivity index (χ2v) is 5.82. The van der Waals surface area contributed by atoms with Crippen molar-refractivity contribution >= 4 is 17.4 Å². The van der Waals surface area contributed by atoms with Crippen molar-refractivity contribution in [3.8, 4) is 11.3 Å². The number of halogens is 1. The molecule has 4 nitrogen and oxygen atoms in total. The van der Waals surface area contributed by atoms with Crippen LogP contribution >= 0.6 is 11.6 Å². The second kappa shape index (κ2) is 6.87. The van der Waals surface area contributed by atoms with E-state index in [1.807, 2.05) is 36.4 Å². The van der Waals surface area contributed by atoms with Crippen LogP contribution in [-0.4, -0.2) is 29.8 Å². The summed E-state index contributed by atoms with van der Waals surface area (Å²) in [5, 5.41) is 16.0. The molecule has 0 radical (unpaired) electrons. The van der Waals surface area contributed by atoms with Crippen LogP contribution in [0.3, 0.4) is 0 Å². The van der Waals surface area contributed by atoms with Crippen molar-refractivity contribution in [2.24, 2.45) is 5.92 Å². The number of aromatic nitrogens is 2. The van der Waals surface area contributed by atoms with Crippen LogP contribution in [0.25, 0.3) is 11.3 Å². The molecule has 0 unspecified atom stereocenters. The number of nitrogens with one attached hydrogen (secondary N) is 2. The molecule has 5 heteroatoms. The summed E-state index contributed by atoms with van der Waals surface area (Å²) < 4.78 is 0. The lowest BCUT2D eigenvalue weighted by Crippen LogP contribution is -2.31. The van der Waals surface area contributed by atoms with E-state index >= 15 is 0 Å². The molecule has 0 amide bonds. The molecule has 2 N–H and O–H groups in total. The molecular formula is C16H19ClN4. The van der Waals surface area contributed by atoms with E-state index in [4.69, 9.17) is 11.6 Å². The van der Waals surface area contributed by atoms with Gasteiger partial charge >= 0.3 is 0 Å². The highest BCUT2D eigenvalue weighted by molar-refractivity contribution is 6.30. The first kappa shape index (κ1) is 14.3. The molecule has 110 valence electrons. The van der Waals surface area contributed by atoms with Gasteiger partial charge in [0, 0.05) is 17.1 Å². The zero-order valence-corrected chi connectivity index (χ0v) is 12.6. The van der Waals surface area contributed by atoms with Crippen LogP contribution in [0.5, 0.6) is 0 Å². The van der Waals surface area contributed by atoms with Crippen LogP contribution in [0.1, 0.15) is 12.8 Å². The average Bonchev–Trinajstić information content (AvgIpc) is 2.55. The highest BCUT2D eigenvalue weighted by Crippen LogP contribution is 2.20. The first-order valence-corrected chi connectivity index (χ1v) is 7.73. The second-order valence-electron chi connectivity index (χ2n) is 5.38. The van der Waals surface area contributed by atoms with E-state index in [1.165, 1.54) is 12.8 Å². The summed E-state index contributed by atoms with van der Waals surface area (Å²) in [6, 6.07) is 11.6. The van der Waals surface area contributed by atoms with Gasteiger partial charge in [-0.05, 0) is 56.1 Å². The summed E-state index contributed by atoms with van der Waals surface area (Å²) in [5.41, 5.74) is 1.89. The van der Waals surface area contributed by atoms with E-state index in [9.17, 15) is 0 Å². The highest BCUT2D eigenvalue weighted by atomic mass is 35.5. The fraction of sp³-hybridized carbons (Fsp3) is 0.375. The fourth-order valence-electron chi connectivity index (χ4n) is 2.54. The van der Waals surface area contributed by atoms with Crippen molar-refractivity contribution in [3.63, 3.8) is 0 Å². The summed E-state index contributed by atoms with van der Waals surface area (Å²) in [5.74, 6) is 1.57. The van der Waals surface area contributed by atoms with Gasteiger partial charge in [-0.1, -0.05) is 23.7 Å². The number of piperidine rings is 1. The normalized spacial score (nSPS) is 15.9. The molecule has 2 heterocycles. The van der Waals surface area contributed by atoms with Gasteiger partial charge in [-0.25, -0.2) is 0 Å². The lowest BCUT2D eigenvalue weighted by atomic mass is 9.98. The van der Waals surface area contributed by atoms with Gasteiger partial charge < -0.3 is 10.6 Å². The number of rotatable bonds is 4. The topological polar surface area (TPSA) is 49.8 Å². The number of benzene rings is 1. The van der Waals surface area contributed by atoms with Gasteiger partial charge in [-0.15, -0.1) is 10.2 Å². The van der Waals surface area contributed by atoms with Crippen molar-refractivity contribution in [1.82, 2.24) is 15.5 Å². The largest absolute Gasteiger partial charge is 0.368 e. The molecule has 2 aromatic rings. The first-order chi connectivity index (χ1) is 10.3. The molecule has 1 saturated heterocycles. The van der Waals surface area contributed by atoms with Crippen molar-refractivity contribution in [2.45, 2.75) is 12.8 Å². The van der Waals surface area contributed by atoms with E-state index in [-0.39, 0.29) is 0 Å². The minimum Gasteiger partial charge on any atom is -0.368 e. The van der Waals surface area contributed by atoms with Crippen LogP contribution < -0.4 is 10.6 Å². The van der Waals surface area contributed by atoms with Gasteiger partial charge in [-0.3, -0.25) is 0 Å². The maximum absolute atomic E-state index is 5.89. The van der Waals surface area contributed by atoms with Gasteiger partial charge in [0.15, 0.2) is 0 Å². The minimum atomic E-state index is 0.726. The van der Waals surface area contributed by atoms with E-state index in [1.54, 1.807) is 0 Å². The van der Waals surface area contributed by atoms with Crippen molar-refractivity contribution in [1.29, 1.82) is 0 Å². The predicted molar refractivity (Wildman–Crippen MR) is 86.6 cm³/mol. The van der Waals surface area contributed by atoms with Crippen molar-refractivity contribution < 1.29 is 0 Å². The molecule has 0 atom stereocenters. The maximum atomic E-state index is 5.89. The zero-order valence-electron chi connectivity index (χ0n) is 11.8. The SMILES string of the molecule is Clc1ccc(-c2ccc(NCC3CCNCC3)nn2)cc1. The average molecular weight is 303 g/mol. The molecule has 1 aromatic carbocycles. The third kappa shape index (κ3) is 3.93. The van der Waals surface area contributed by atoms with E-state index in [0.29, 0.717) is 0 Å². The Bertz CT molecular complexity index is 562. The lowest BCUT2D eigenvalue weighted by Gasteiger charge is -2.22. The number of hydrogen-bond acceptors (Lipinski definition) is 4. The highest BCUT2D eigenvalue weighted by Gasteiger charge is 2.12. The van der Waals surface area contributed by atoms with Gasteiger partial charge in [0.2, 0.25) is 0 Å². The first-order valence-electron chi connectivity index (χ1n) is 7.35. The van der Waals surface area contributed by atoms with E-state index in [2.05, 4.69) is 20.8 Å².